The van der Waals surface area contributed by atoms with Crippen LogP contribution in [-0.2, 0) is 9.53 Å². The van der Waals surface area contributed by atoms with Gasteiger partial charge in [-0.2, -0.15) is 0 Å². The third-order valence-electron chi connectivity index (χ3n) is 1.30. The van der Waals surface area contributed by atoms with E-state index in [1.54, 1.807) is 20.8 Å². The van der Waals surface area contributed by atoms with Crippen molar-refractivity contribution in [1.82, 2.24) is 0 Å². The molecule has 0 aromatic heterocycles. The quantitative estimate of drug-likeness (QED) is 0.513. The average molecular weight is 172 g/mol. The topological polar surface area (TPSA) is 46.5 Å². The molecule has 0 spiro atoms. The summed E-state index contributed by atoms with van der Waals surface area (Å²) in [6.45, 7) is 8.59. The van der Waals surface area contributed by atoms with Gasteiger partial charge in [0.25, 0.3) is 0 Å². The summed E-state index contributed by atoms with van der Waals surface area (Å²) in [5.41, 5.74) is -0.402. The molecule has 0 saturated heterocycles. The lowest BCUT2D eigenvalue weighted by molar-refractivity contribution is -0.140. The molecule has 0 aliphatic rings. The highest BCUT2D eigenvalue weighted by Crippen LogP contribution is 2.07. The van der Waals surface area contributed by atoms with Crippen LogP contribution in [-0.4, -0.2) is 23.3 Å². The monoisotopic (exact) mass is 172 g/mol. The van der Waals surface area contributed by atoms with E-state index >= 15 is 0 Å². The van der Waals surface area contributed by atoms with Gasteiger partial charge in [0.2, 0.25) is 0 Å². The Morgan fingerprint density at radius 2 is 2.08 bits per heavy atom. The fourth-order valence-electron chi connectivity index (χ4n) is 0.517. The van der Waals surface area contributed by atoms with Crippen LogP contribution in [0.25, 0.3) is 0 Å². The van der Waals surface area contributed by atoms with E-state index < -0.39 is 11.6 Å². The molecule has 0 aliphatic carbocycles. The van der Waals surface area contributed by atoms with Crippen molar-refractivity contribution in [3.63, 3.8) is 0 Å². The molecule has 0 rings (SSSR count). The summed E-state index contributed by atoms with van der Waals surface area (Å²) in [6.07, 6.45) is 0.437. The van der Waals surface area contributed by atoms with Crippen LogP contribution in [0.3, 0.4) is 0 Å². The lowest BCUT2D eigenvalue weighted by Crippen LogP contribution is -2.22. The molecule has 0 aromatic carbocycles. The minimum atomic E-state index is -0.782. The molecule has 3 heteroatoms. The van der Waals surface area contributed by atoms with Gasteiger partial charge in [-0.3, -0.25) is 0 Å². The summed E-state index contributed by atoms with van der Waals surface area (Å²) in [5.74, 6) is -0.403. The number of ether oxygens (including phenoxy) is 1. The van der Waals surface area contributed by atoms with Gasteiger partial charge in [-0.25, -0.2) is 4.79 Å². The first kappa shape index (κ1) is 11.2. The zero-order valence-corrected chi connectivity index (χ0v) is 7.89. The molecule has 0 bridgehead atoms. The van der Waals surface area contributed by atoms with Crippen LogP contribution in [0.1, 0.15) is 27.2 Å². The fourth-order valence-corrected chi connectivity index (χ4v) is 0.517. The van der Waals surface area contributed by atoms with E-state index in [1.807, 2.05) is 0 Å². The predicted molar refractivity (Wildman–Crippen MR) is 46.7 cm³/mol. The third-order valence-corrected chi connectivity index (χ3v) is 1.30. The molecule has 0 saturated carbocycles. The summed E-state index contributed by atoms with van der Waals surface area (Å²) >= 11 is 0. The van der Waals surface area contributed by atoms with E-state index in [1.165, 1.54) is 0 Å². The normalized spacial score (nSPS) is 11.0. The first-order chi connectivity index (χ1) is 5.33. The van der Waals surface area contributed by atoms with Crippen LogP contribution in [0.15, 0.2) is 12.2 Å². The number of esters is 1. The fraction of sp³-hybridized carbons (Fsp3) is 0.667. The Kier molecular flexibility index (Phi) is 3.96. The number of aliphatic hydroxyl groups is 1. The van der Waals surface area contributed by atoms with Gasteiger partial charge in [0.15, 0.2) is 0 Å². The molecule has 70 valence electrons. The second-order valence-corrected chi connectivity index (χ2v) is 3.48. The van der Waals surface area contributed by atoms with Crippen LogP contribution < -0.4 is 0 Å². The Balaban J connectivity index is 3.58. The van der Waals surface area contributed by atoms with Gasteiger partial charge in [-0.05, 0) is 20.8 Å². The SMILES string of the molecule is C=C(C)C(=O)OCCC(C)(C)O. The van der Waals surface area contributed by atoms with E-state index in [2.05, 4.69) is 6.58 Å². The molecule has 0 heterocycles. The zero-order chi connectivity index (χ0) is 9.78. The summed E-state index contributed by atoms with van der Waals surface area (Å²) in [4.78, 5) is 10.8. The molecule has 12 heavy (non-hydrogen) atoms. The van der Waals surface area contributed by atoms with E-state index in [0.717, 1.165) is 0 Å². The predicted octanol–water partition coefficient (Wildman–Crippen LogP) is 1.27. The molecule has 0 amide bonds. The van der Waals surface area contributed by atoms with Crippen molar-refractivity contribution in [2.45, 2.75) is 32.8 Å². The first-order valence-corrected chi connectivity index (χ1v) is 3.88. The van der Waals surface area contributed by atoms with Crippen LogP contribution in [0.2, 0.25) is 0 Å². The van der Waals surface area contributed by atoms with E-state index in [-0.39, 0.29) is 6.61 Å². The van der Waals surface area contributed by atoms with Crippen molar-refractivity contribution >= 4 is 5.97 Å². The molecular weight excluding hydrogens is 156 g/mol. The highest BCUT2D eigenvalue weighted by Gasteiger charge is 2.13. The number of hydrogen-bond acceptors (Lipinski definition) is 3. The standard InChI is InChI=1S/C9H16O3/c1-7(2)8(10)12-6-5-9(3,4)11/h11H,1,5-6H2,2-4H3. The molecule has 0 aromatic rings. The lowest BCUT2D eigenvalue weighted by atomic mass is 10.1. The van der Waals surface area contributed by atoms with Crippen molar-refractivity contribution in [2.75, 3.05) is 6.61 Å². The van der Waals surface area contributed by atoms with Gasteiger partial charge in [-0.1, -0.05) is 6.58 Å². The molecule has 0 radical (unpaired) electrons. The lowest BCUT2D eigenvalue weighted by Gasteiger charge is -2.16. The molecule has 0 atom stereocenters. The largest absolute Gasteiger partial charge is 0.462 e. The second-order valence-electron chi connectivity index (χ2n) is 3.48. The second kappa shape index (κ2) is 4.26. The summed E-state index contributed by atoms with van der Waals surface area (Å²) < 4.78 is 4.78. The summed E-state index contributed by atoms with van der Waals surface area (Å²) in [7, 11) is 0. The zero-order valence-electron chi connectivity index (χ0n) is 7.89. The number of hydrogen-bond donors (Lipinski definition) is 1. The van der Waals surface area contributed by atoms with Gasteiger partial charge in [0.1, 0.15) is 0 Å². The van der Waals surface area contributed by atoms with E-state index in [0.29, 0.717) is 12.0 Å². The van der Waals surface area contributed by atoms with Crippen LogP contribution in [0.4, 0.5) is 0 Å². The van der Waals surface area contributed by atoms with E-state index in [9.17, 15) is 9.90 Å². The van der Waals surface area contributed by atoms with Gasteiger partial charge in [0, 0.05) is 12.0 Å². The Labute approximate surface area is 73.0 Å². The van der Waals surface area contributed by atoms with Crippen molar-refractivity contribution in [1.29, 1.82) is 0 Å². The summed E-state index contributed by atoms with van der Waals surface area (Å²) in [5, 5.41) is 9.26. The van der Waals surface area contributed by atoms with Gasteiger partial charge in [-0.15, -0.1) is 0 Å². The smallest absolute Gasteiger partial charge is 0.333 e. The average Bonchev–Trinajstić information content (AvgIpc) is 1.84. The Morgan fingerprint density at radius 3 is 2.42 bits per heavy atom. The van der Waals surface area contributed by atoms with Gasteiger partial charge >= 0.3 is 5.97 Å². The maximum atomic E-state index is 10.8. The van der Waals surface area contributed by atoms with Crippen LogP contribution >= 0.6 is 0 Å². The Bertz CT molecular complexity index is 177. The maximum absolute atomic E-state index is 10.8. The number of carbonyl (C=O) groups excluding carboxylic acids is 1. The minimum Gasteiger partial charge on any atom is -0.462 e. The molecule has 0 fully saturated rings. The number of rotatable bonds is 4. The van der Waals surface area contributed by atoms with Crippen LogP contribution in [0, 0.1) is 0 Å². The molecule has 3 nitrogen and oxygen atoms in total. The molecule has 0 unspecified atom stereocenters. The maximum Gasteiger partial charge on any atom is 0.333 e. The molecule has 0 aliphatic heterocycles. The minimum absolute atomic E-state index is 0.231. The van der Waals surface area contributed by atoms with Gasteiger partial charge in [0.05, 0.1) is 12.2 Å². The van der Waals surface area contributed by atoms with Crippen LogP contribution in [0.5, 0.6) is 0 Å². The number of carbonyl (C=O) groups is 1. The van der Waals surface area contributed by atoms with Crippen molar-refractivity contribution < 1.29 is 14.6 Å². The van der Waals surface area contributed by atoms with Crippen molar-refractivity contribution in [3.8, 4) is 0 Å². The van der Waals surface area contributed by atoms with Crippen molar-refractivity contribution in [3.05, 3.63) is 12.2 Å². The molecule has 1 N–H and O–H groups in total. The van der Waals surface area contributed by atoms with Gasteiger partial charge < -0.3 is 9.84 Å². The molecular formula is C9H16O3. The highest BCUT2D eigenvalue weighted by atomic mass is 16.5. The first-order valence-electron chi connectivity index (χ1n) is 3.88. The van der Waals surface area contributed by atoms with Crippen molar-refractivity contribution in [2.24, 2.45) is 0 Å². The highest BCUT2D eigenvalue weighted by molar-refractivity contribution is 5.86. The third kappa shape index (κ3) is 5.92. The van der Waals surface area contributed by atoms with E-state index in [4.69, 9.17) is 4.74 Å². The Hall–Kier alpha value is -0.830. The Morgan fingerprint density at radius 1 is 1.58 bits per heavy atom. The summed E-state index contributed by atoms with van der Waals surface area (Å²) in [6, 6.07) is 0.